The molecule has 2 heterocycles. The lowest BCUT2D eigenvalue weighted by atomic mass is 9.90. The highest BCUT2D eigenvalue weighted by Gasteiger charge is 2.27. The summed E-state index contributed by atoms with van der Waals surface area (Å²) in [4.78, 5) is 14.7. The van der Waals surface area contributed by atoms with E-state index in [4.69, 9.17) is 0 Å². The van der Waals surface area contributed by atoms with Crippen LogP contribution >= 0.6 is 11.8 Å². The Balaban J connectivity index is 1.50. The molecule has 6 heteroatoms. The monoisotopic (exact) mass is 358 g/mol. The van der Waals surface area contributed by atoms with Gasteiger partial charge in [-0.1, -0.05) is 42.1 Å². The van der Waals surface area contributed by atoms with Crippen LogP contribution in [0.15, 0.2) is 35.5 Å². The number of piperidine rings is 1. The molecule has 0 aliphatic carbocycles. The molecule has 3 rings (SSSR count). The van der Waals surface area contributed by atoms with Crippen molar-refractivity contribution in [2.75, 3.05) is 13.1 Å². The summed E-state index contributed by atoms with van der Waals surface area (Å²) in [5.74, 6) is 1.75. The Morgan fingerprint density at radius 2 is 1.92 bits per heavy atom. The largest absolute Gasteiger partial charge is 0.342 e. The summed E-state index contributed by atoms with van der Waals surface area (Å²) in [6.07, 6.45) is 3.29. The van der Waals surface area contributed by atoms with Crippen molar-refractivity contribution in [3.63, 3.8) is 0 Å². The van der Waals surface area contributed by atoms with Crippen molar-refractivity contribution in [3.8, 4) is 0 Å². The molecule has 0 saturated carbocycles. The van der Waals surface area contributed by atoms with E-state index in [9.17, 15) is 4.79 Å². The van der Waals surface area contributed by atoms with Gasteiger partial charge in [-0.05, 0) is 44.6 Å². The molecule has 134 valence electrons. The van der Waals surface area contributed by atoms with Gasteiger partial charge in [0.2, 0.25) is 5.91 Å². The standard InChI is InChI=1S/C19H26N4OS/c1-14(25-19-21-20-15(2)22(19)3)18(24)23-11-9-17(10-12-23)13-16-7-5-4-6-8-16/h4-8,14,17H,9-13H2,1-3H3/t14-/m1/s1. The van der Waals surface area contributed by atoms with Gasteiger partial charge in [0, 0.05) is 20.1 Å². The fourth-order valence-electron chi connectivity index (χ4n) is 3.26. The quantitative estimate of drug-likeness (QED) is 0.771. The number of carbonyl (C=O) groups excluding carboxylic acids is 1. The molecule has 1 saturated heterocycles. The van der Waals surface area contributed by atoms with Crippen LogP contribution in [0.2, 0.25) is 0 Å². The van der Waals surface area contributed by atoms with E-state index in [2.05, 4.69) is 40.5 Å². The summed E-state index contributed by atoms with van der Waals surface area (Å²) >= 11 is 1.49. The van der Waals surface area contributed by atoms with E-state index in [1.807, 2.05) is 30.4 Å². The van der Waals surface area contributed by atoms with Crippen LogP contribution in [-0.4, -0.2) is 43.9 Å². The number of rotatable bonds is 5. The van der Waals surface area contributed by atoms with E-state index in [1.165, 1.54) is 17.3 Å². The molecule has 5 nitrogen and oxygen atoms in total. The average Bonchev–Trinajstić information content (AvgIpc) is 2.94. The second kappa shape index (κ2) is 8.04. The van der Waals surface area contributed by atoms with Crippen molar-refractivity contribution >= 4 is 17.7 Å². The van der Waals surface area contributed by atoms with Crippen molar-refractivity contribution in [1.82, 2.24) is 19.7 Å². The van der Waals surface area contributed by atoms with Gasteiger partial charge in [-0.15, -0.1) is 10.2 Å². The van der Waals surface area contributed by atoms with Gasteiger partial charge in [0.1, 0.15) is 5.82 Å². The Kier molecular flexibility index (Phi) is 5.78. The van der Waals surface area contributed by atoms with Gasteiger partial charge in [0.05, 0.1) is 5.25 Å². The first-order chi connectivity index (χ1) is 12.0. The van der Waals surface area contributed by atoms with E-state index in [-0.39, 0.29) is 11.2 Å². The molecule has 1 atom stereocenters. The minimum atomic E-state index is -0.132. The van der Waals surface area contributed by atoms with Crippen LogP contribution in [0.3, 0.4) is 0 Å². The summed E-state index contributed by atoms with van der Waals surface area (Å²) in [6.45, 7) is 5.60. The molecule has 2 aromatic rings. The number of carbonyl (C=O) groups is 1. The number of amides is 1. The lowest BCUT2D eigenvalue weighted by Crippen LogP contribution is -2.42. The third-order valence-electron chi connectivity index (χ3n) is 4.98. The minimum absolute atomic E-state index is 0.132. The number of hydrogen-bond acceptors (Lipinski definition) is 4. The number of nitrogens with zero attached hydrogens (tertiary/aromatic N) is 4. The zero-order valence-electron chi connectivity index (χ0n) is 15.2. The molecule has 0 unspecified atom stereocenters. The molecular formula is C19H26N4OS. The molecule has 25 heavy (non-hydrogen) atoms. The molecule has 0 radical (unpaired) electrons. The smallest absolute Gasteiger partial charge is 0.235 e. The number of aromatic nitrogens is 3. The fourth-order valence-corrected chi connectivity index (χ4v) is 4.21. The van der Waals surface area contributed by atoms with Crippen LogP contribution in [-0.2, 0) is 18.3 Å². The molecule has 0 spiro atoms. The van der Waals surface area contributed by atoms with Crippen molar-refractivity contribution in [3.05, 3.63) is 41.7 Å². The Morgan fingerprint density at radius 1 is 1.24 bits per heavy atom. The summed E-state index contributed by atoms with van der Waals surface area (Å²) in [5, 5.41) is 8.88. The SMILES string of the molecule is Cc1nnc(S[C@H](C)C(=O)N2CCC(Cc3ccccc3)CC2)n1C. The zero-order chi connectivity index (χ0) is 17.8. The molecule has 1 aliphatic heterocycles. The van der Waals surface area contributed by atoms with Crippen molar-refractivity contribution in [2.45, 2.75) is 43.5 Å². The molecule has 0 bridgehead atoms. The van der Waals surface area contributed by atoms with Crippen molar-refractivity contribution < 1.29 is 4.79 Å². The second-order valence-electron chi connectivity index (χ2n) is 6.81. The minimum Gasteiger partial charge on any atom is -0.342 e. The molecule has 0 N–H and O–H groups in total. The van der Waals surface area contributed by atoms with Gasteiger partial charge < -0.3 is 9.47 Å². The van der Waals surface area contributed by atoms with Crippen molar-refractivity contribution in [1.29, 1.82) is 0 Å². The molecule has 1 aromatic heterocycles. The Labute approximate surface area is 153 Å². The highest BCUT2D eigenvalue weighted by atomic mass is 32.2. The van der Waals surface area contributed by atoms with Gasteiger partial charge in [0.25, 0.3) is 0 Å². The highest BCUT2D eigenvalue weighted by molar-refractivity contribution is 8.00. The lowest BCUT2D eigenvalue weighted by Gasteiger charge is -2.33. The Hall–Kier alpha value is -1.82. The Morgan fingerprint density at radius 3 is 2.52 bits per heavy atom. The molecule has 1 aromatic carbocycles. The predicted molar refractivity (Wildman–Crippen MR) is 101 cm³/mol. The van der Waals surface area contributed by atoms with Gasteiger partial charge in [0.15, 0.2) is 5.16 Å². The average molecular weight is 359 g/mol. The summed E-state index contributed by atoms with van der Waals surface area (Å²) in [6, 6.07) is 10.6. The van der Waals surface area contributed by atoms with Crippen LogP contribution in [0.1, 0.15) is 31.2 Å². The Bertz CT molecular complexity index is 707. The van der Waals surface area contributed by atoms with E-state index < -0.39 is 0 Å². The highest BCUT2D eigenvalue weighted by Crippen LogP contribution is 2.26. The van der Waals surface area contributed by atoms with E-state index in [0.29, 0.717) is 5.92 Å². The van der Waals surface area contributed by atoms with E-state index in [1.54, 1.807) is 0 Å². The lowest BCUT2D eigenvalue weighted by molar-refractivity contribution is -0.131. The summed E-state index contributed by atoms with van der Waals surface area (Å²) in [7, 11) is 1.93. The molecule has 1 fully saturated rings. The zero-order valence-corrected chi connectivity index (χ0v) is 16.0. The molecular weight excluding hydrogens is 332 g/mol. The van der Waals surface area contributed by atoms with Gasteiger partial charge in [-0.2, -0.15) is 0 Å². The summed E-state index contributed by atoms with van der Waals surface area (Å²) in [5.41, 5.74) is 1.40. The van der Waals surface area contributed by atoms with E-state index in [0.717, 1.165) is 43.3 Å². The fraction of sp³-hybridized carbons (Fsp3) is 0.526. The van der Waals surface area contributed by atoms with Crippen LogP contribution in [0.5, 0.6) is 0 Å². The first kappa shape index (κ1) is 18.0. The van der Waals surface area contributed by atoms with Crippen LogP contribution < -0.4 is 0 Å². The first-order valence-corrected chi connectivity index (χ1v) is 9.78. The van der Waals surface area contributed by atoms with Crippen molar-refractivity contribution in [2.24, 2.45) is 13.0 Å². The maximum Gasteiger partial charge on any atom is 0.235 e. The third-order valence-corrected chi connectivity index (χ3v) is 6.10. The molecule has 1 aliphatic rings. The summed E-state index contributed by atoms with van der Waals surface area (Å²) < 4.78 is 1.93. The maximum atomic E-state index is 12.7. The normalized spacial score (nSPS) is 16.8. The first-order valence-electron chi connectivity index (χ1n) is 8.90. The van der Waals surface area contributed by atoms with Gasteiger partial charge in [-0.25, -0.2) is 0 Å². The van der Waals surface area contributed by atoms with Crippen LogP contribution in [0, 0.1) is 12.8 Å². The molecule has 1 amide bonds. The maximum absolute atomic E-state index is 12.7. The second-order valence-corrected chi connectivity index (χ2v) is 8.12. The number of aryl methyl sites for hydroxylation is 1. The third kappa shape index (κ3) is 4.42. The predicted octanol–water partition coefficient (Wildman–Crippen LogP) is 3.09. The van der Waals surface area contributed by atoms with Gasteiger partial charge in [-0.3, -0.25) is 4.79 Å². The van der Waals surface area contributed by atoms with E-state index >= 15 is 0 Å². The number of likely N-dealkylation sites (tertiary alicyclic amines) is 1. The topological polar surface area (TPSA) is 51.0 Å². The van der Waals surface area contributed by atoms with Crippen LogP contribution in [0.25, 0.3) is 0 Å². The number of thioether (sulfide) groups is 1. The number of benzene rings is 1. The van der Waals surface area contributed by atoms with Crippen LogP contribution in [0.4, 0.5) is 0 Å². The number of hydrogen-bond donors (Lipinski definition) is 0. The van der Waals surface area contributed by atoms with Gasteiger partial charge >= 0.3 is 0 Å².